The van der Waals surface area contributed by atoms with Gasteiger partial charge in [0.2, 0.25) is 0 Å². The summed E-state index contributed by atoms with van der Waals surface area (Å²) in [5, 5.41) is 0. The Morgan fingerprint density at radius 2 is 1.20 bits per heavy atom. The molecule has 0 aromatic heterocycles. The maximum atomic E-state index is 11.6. The van der Waals surface area contributed by atoms with E-state index in [0.29, 0.717) is 0 Å². The Bertz CT molecular complexity index is 512. The van der Waals surface area contributed by atoms with Crippen molar-refractivity contribution in [1.82, 2.24) is 0 Å². The first-order chi connectivity index (χ1) is 11.6. The number of methoxy groups -OCH3 is 1. The molecule has 0 saturated carbocycles. The topological polar surface area (TPSA) is 132 Å². The van der Waals surface area contributed by atoms with E-state index in [1.54, 1.807) is 0 Å². The van der Waals surface area contributed by atoms with E-state index in [2.05, 4.69) is 4.74 Å². The van der Waals surface area contributed by atoms with Crippen molar-refractivity contribution < 1.29 is 47.7 Å². The smallest absolute Gasteiger partial charge is 0.309 e. The molecule has 0 aliphatic heterocycles. The van der Waals surface area contributed by atoms with Gasteiger partial charge in [0.1, 0.15) is 6.61 Å². The van der Waals surface area contributed by atoms with Crippen molar-refractivity contribution in [2.45, 2.75) is 52.4 Å². The molecule has 0 aromatic rings. The third-order valence-corrected chi connectivity index (χ3v) is 2.72. The minimum absolute atomic E-state index is 0.466. The molecule has 142 valence electrons. The summed E-state index contributed by atoms with van der Waals surface area (Å²) in [6, 6.07) is 0. The molecule has 0 aliphatic carbocycles. The van der Waals surface area contributed by atoms with Gasteiger partial charge in [0, 0.05) is 27.7 Å². The molecule has 0 heterocycles. The molecule has 0 spiro atoms. The first kappa shape index (κ1) is 22.4. The van der Waals surface area contributed by atoms with Gasteiger partial charge in [-0.2, -0.15) is 0 Å². The lowest BCUT2D eigenvalue weighted by Gasteiger charge is -2.31. The van der Waals surface area contributed by atoms with Gasteiger partial charge in [-0.05, 0) is 0 Å². The lowest BCUT2D eigenvalue weighted by Crippen LogP contribution is -2.48. The van der Waals surface area contributed by atoms with Crippen LogP contribution in [0.4, 0.5) is 0 Å². The average Bonchev–Trinajstić information content (AvgIpc) is 2.47. The molecule has 0 N–H and O–H groups in total. The zero-order valence-corrected chi connectivity index (χ0v) is 14.7. The van der Waals surface area contributed by atoms with Gasteiger partial charge >= 0.3 is 29.8 Å². The number of hydrogen-bond donors (Lipinski definition) is 0. The van der Waals surface area contributed by atoms with Crippen molar-refractivity contribution in [3.63, 3.8) is 0 Å². The van der Waals surface area contributed by atoms with Crippen LogP contribution in [0.5, 0.6) is 0 Å². The number of esters is 5. The summed E-state index contributed by atoms with van der Waals surface area (Å²) in [6.45, 7) is 3.91. The van der Waals surface area contributed by atoms with Gasteiger partial charge in [-0.15, -0.1) is 0 Å². The van der Waals surface area contributed by atoms with Crippen LogP contribution in [0, 0.1) is 0 Å². The van der Waals surface area contributed by atoms with Crippen LogP contribution >= 0.6 is 0 Å². The number of rotatable bonds is 9. The van der Waals surface area contributed by atoms with E-state index in [1.165, 1.54) is 0 Å². The fourth-order valence-corrected chi connectivity index (χ4v) is 1.88. The Morgan fingerprint density at radius 1 is 0.720 bits per heavy atom. The summed E-state index contributed by atoms with van der Waals surface area (Å²) < 4.78 is 24.4. The van der Waals surface area contributed by atoms with Gasteiger partial charge in [-0.3, -0.25) is 24.0 Å². The van der Waals surface area contributed by atoms with Crippen LogP contribution in [0.1, 0.15) is 34.1 Å². The van der Waals surface area contributed by atoms with E-state index in [4.69, 9.17) is 18.9 Å². The van der Waals surface area contributed by atoms with Crippen LogP contribution in [0.15, 0.2) is 0 Å². The van der Waals surface area contributed by atoms with Crippen molar-refractivity contribution in [2.24, 2.45) is 0 Å². The van der Waals surface area contributed by atoms with Gasteiger partial charge in [-0.1, -0.05) is 0 Å². The molecular weight excluding hydrogens is 340 g/mol. The molecule has 0 rings (SSSR count). The Balaban J connectivity index is 5.64. The van der Waals surface area contributed by atoms with Crippen molar-refractivity contribution in [3.05, 3.63) is 0 Å². The molecule has 0 unspecified atom stereocenters. The maximum Gasteiger partial charge on any atom is 0.309 e. The van der Waals surface area contributed by atoms with E-state index in [1.807, 2.05) is 0 Å². The van der Waals surface area contributed by atoms with Crippen LogP contribution in [-0.4, -0.2) is 61.9 Å². The molecule has 0 amide bonds. The Labute approximate surface area is 144 Å². The van der Waals surface area contributed by atoms with Crippen LogP contribution in [-0.2, 0) is 47.7 Å². The van der Waals surface area contributed by atoms with E-state index >= 15 is 0 Å². The van der Waals surface area contributed by atoms with Crippen molar-refractivity contribution in [1.29, 1.82) is 0 Å². The van der Waals surface area contributed by atoms with Gasteiger partial charge in [0.25, 0.3) is 0 Å². The summed E-state index contributed by atoms with van der Waals surface area (Å²) in [6.07, 6.45) is -4.46. The molecule has 3 atom stereocenters. The molecular formula is C15H22O10. The highest BCUT2D eigenvalue weighted by molar-refractivity contribution is 5.72. The summed E-state index contributed by atoms with van der Waals surface area (Å²) in [5.74, 6) is -3.73. The fraction of sp³-hybridized carbons (Fsp3) is 0.667. The van der Waals surface area contributed by atoms with Crippen LogP contribution in [0.25, 0.3) is 0 Å². The maximum absolute atomic E-state index is 11.6. The minimum atomic E-state index is -1.39. The largest absolute Gasteiger partial charge is 0.469 e. The SMILES string of the molecule is COC(=O)C[C@H](OC(C)=O)[C@H](OC(C)=O)[C@H](COC(C)=O)OC(C)=O. The molecule has 0 fully saturated rings. The summed E-state index contributed by atoms with van der Waals surface area (Å²) >= 11 is 0. The fourth-order valence-electron chi connectivity index (χ4n) is 1.88. The number of ether oxygens (including phenoxy) is 5. The predicted molar refractivity (Wildman–Crippen MR) is 79.9 cm³/mol. The zero-order chi connectivity index (χ0) is 19.6. The molecule has 0 aromatic carbocycles. The monoisotopic (exact) mass is 362 g/mol. The second kappa shape index (κ2) is 11.0. The average molecular weight is 362 g/mol. The third kappa shape index (κ3) is 9.95. The van der Waals surface area contributed by atoms with E-state index < -0.39 is 61.2 Å². The molecule has 0 bridgehead atoms. The summed E-state index contributed by atoms with van der Waals surface area (Å²) in [7, 11) is 1.12. The van der Waals surface area contributed by atoms with Gasteiger partial charge in [-0.25, -0.2) is 0 Å². The van der Waals surface area contributed by atoms with Crippen molar-refractivity contribution in [2.75, 3.05) is 13.7 Å². The molecule has 10 nitrogen and oxygen atoms in total. The van der Waals surface area contributed by atoms with Crippen LogP contribution in [0.3, 0.4) is 0 Å². The minimum Gasteiger partial charge on any atom is -0.469 e. The first-order valence-corrected chi connectivity index (χ1v) is 7.28. The lowest BCUT2D eigenvalue weighted by atomic mass is 10.0. The predicted octanol–water partition coefficient (Wildman–Crippen LogP) is -0.0923. The van der Waals surface area contributed by atoms with Crippen molar-refractivity contribution in [3.8, 4) is 0 Å². The molecule has 0 radical (unpaired) electrons. The highest BCUT2D eigenvalue weighted by Gasteiger charge is 2.39. The van der Waals surface area contributed by atoms with Gasteiger partial charge in [0.15, 0.2) is 18.3 Å². The Hall–Kier alpha value is -2.65. The van der Waals surface area contributed by atoms with Crippen LogP contribution < -0.4 is 0 Å². The summed E-state index contributed by atoms with van der Waals surface area (Å²) in [4.78, 5) is 56.6. The molecule has 10 heteroatoms. The molecule has 0 aliphatic rings. The summed E-state index contributed by atoms with van der Waals surface area (Å²) in [5.41, 5.74) is 0. The first-order valence-electron chi connectivity index (χ1n) is 7.28. The Kier molecular flexibility index (Phi) is 9.83. The molecule has 25 heavy (non-hydrogen) atoms. The quantitative estimate of drug-likeness (QED) is 0.405. The highest BCUT2D eigenvalue weighted by atomic mass is 16.6. The van der Waals surface area contributed by atoms with Gasteiger partial charge < -0.3 is 23.7 Å². The Morgan fingerprint density at radius 3 is 1.60 bits per heavy atom. The number of hydrogen-bond acceptors (Lipinski definition) is 10. The highest BCUT2D eigenvalue weighted by Crippen LogP contribution is 2.18. The van der Waals surface area contributed by atoms with E-state index in [9.17, 15) is 24.0 Å². The second-order valence-corrected chi connectivity index (χ2v) is 4.95. The van der Waals surface area contributed by atoms with Crippen LogP contribution in [0.2, 0.25) is 0 Å². The van der Waals surface area contributed by atoms with E-state index in [0.717, 1.165) is 34.8 Å². The van der Waals surface area contributed by atoms with Gasteiger partial charge in [0.05, 0.1) is 13.5 Å². The number of carbonyl (C=O) groups excluding carboxylic acids is 5. The van der Waals surface area contributed by atoms with Crippen molar-refractivity contribution >= 4 is 29.8 Å². The second-order valence-electron chi connectivity index (χ2n) is 4.95. The third-order valence-electron chi connectivity index (χ3n) is 2.72. The normalized spacial score (nSPS) is 13.6. The lowest BCUT2D eigenvalue weighted by molar-refractivity contribution is -0.191. The van der Waals surface area contributed by atoms with E-state index in [-0.39, 0.29) is 0 Å². The molecule has 0 saturated heterocycles. The standard InChI is InChI=1S/C15H22O10/c1-8(16)22-7-13(24-10(3)18)15(25-11(4)19)12(23-9(2)17)6-14(20)21-5/h12-13,15H,6-7H2,1-5H3/t12-,13-,15-/m0/s1. The number of carbonyl (C=O) groups is 5. The zero-order valence-electron chi connectivity index (χ0n) is 14.7.